The first-order valence-corrected chi connectivity index (χ1v) is 11.5. The summed E-state index contributed by atoms with van der Waals surface area (Å²) in [5.41, 5.74) is 2.40. The van der Waals surface area contributed by atoms with Crippen LogP contribution in [0, 0.1) is 6.92 Å². The van der Waals surface area contributed by atoms with E-state index in [0.29, 0.717) is 27.2 Å². The molecular formula is C21H15ClN6O4S. The van der Waals surface area contributed by atoms with E-state index in [1.807, 2.05) is 12.1 Å². The van der Waals surface area contributed by atoms with Crippen molar-refractivity contribution in [3.63, 3.8) is 0 Å². The van der Waals surface area contributed by atoms with Crippen LogP contribution in [0.3, 0.4) is 0 Å². The molecule has 0 bridgehead atoms. The van der Waals surface area contributed by atoms with Gasteiger partial charge in [0.1, 0.15) is 11.0 Å². The van der Waals surface area contributed by atoms with Crippen molar-refractivity contribution in [2.75, 3.05) is 4.72 Å². The summed E-state index contributed by atoms with van der Waals surface area (Å²) >= 11 is 6.45. The molecule has 0 fully saturated rings. The van der Waals surface area contributed by atoms with Crippen LogP contribution in [0.1, 0.15) is 5.56 Å². The average Bonchev–Trinajstić information content (AvgIpc) is 3.22. The molecule has 0 saturated heterocycles. The van der Waals surface area contributed by atoms with E-state index in [0.717, 1.165) is 11.1 Å². The van der Waals surface area contributed by atoms with E-state index in [4.69, 9.17) is 11.6 Å². The molecule has 166 valence electrons. The number of halogens is 1. The first-order valence-electron chi connectivity index (χ1n) is 9.61. The molecule has 10 nitrogen and oxygen atoms in total. The van der Waals surface area contributed by atoms with E-state index in [1.54, 1.807) is 25.1 Å². The van der Waals surface area contributed by atoms with Crippen LogP contribution in [-0.2, 0) is 10.0 Å². The third kappa shape index (κ3) is 3.77. The molecule has 0 aliphatic heterocycles. The number of rotatable bonds is 4. The Hall–Kier alpha value is -3.96. The maximum atomic E-state index is 13.1. The van der Waals surface area contributed by atoms with Crippen molar-refractivity contribution in [1.29, 1.82) is 0 Å². The van der Waals surface area contributed by atoms with Crippen molar-refractivity contribution in [1.82, 2.24) is 25.4 Å². The van der Waals surface area contributed by atoms with Gasteiger partial charge in [0.25, 0.3) is 10.0 Å². The minimum absolute atomic E-state index is 0.0469. The minimum atomic E-state index is -4.02. The van der Waals surface area contributed by atoms with Crippen LogP contribution in [0.25, 0.3) is 33.2 Å². The van der Waals surface area contributed by atoms with Crippen molar-refractivity contribution in [3.8, 4) is 11.1 Å². The molecule has 12 heteroatoms. The SMILES string of the molecule is Cc1cc2[nH]c(=O)c(=O)[nH]c2cc1S(=O)(=O)Nc1ccc(-c2ccc3n[nH]nc3c2)c(Cl)c1. The number of aromatic amines is 3. The lowest BCUT2D eigenvalue weighted by Crippen LogP contribution is -2.29. The number of fused-ring (bicyclic) bond motifs is 2. The Kier molecular flexibility index (Phi) is 4.80. The van der Waals surface area contributed by atoms with E-state index in [9.17, 15) is 18.0 Å². The highest BCUT2D eigenvalue weighted by Crippen LogP contribution is 2.32. The third-order valence-corrected chi connectivity index (χ3v) is 6.99. The molecule has 0 amide bonds. The largest absolute Gasteiger partial charge is 0.316 e. The molecule has 0 aliphatic rings. The van der Waals surface area contributed by atoms with Gasteiger partial charge in [-0.2, -0.15) is 15.4 Å². The Morgan fingerprint density at radius 3 is 2.30 bits per heavy atom. The lowest BCUT2D eigenvalue weighted by Gasteiger charge is -2.13. The number of hydrogen-bond acceptors (Lipinski definition) is 6. The van der Waals surface area contributed by atoms with Crippen LogP contribution in [0.15, 0.2) is 63.0 Å². The van der Waals surface area contributed by atoms with E-state index in [-0.39, 0.29) is 16.1 Å². The van der Waals surface area contributed by atoms with Gasteiger partial charge < -0.3 is 9.97 Å². The van der Waals surface area contributed by atoms with Gasteiger partial charge in [0.2, 0.25) is 0 Å². The Balaban J connectivity index is 1.50. The second kappa shape index (κ2) is 7.57. The lowest BCUT2D eigenvalue weighted by molar-refractivity contribution is 0.600. The maximum absolute atomic E-state index is 13.1. The molecule has 0 unspecified atom stereocenters. The van der Waals surface area contributed by atoms with Gasteiger partial charge in [0.15, 0.2) is 0 Å². The van der Waals surface area contributed by atoms with E-state index in [2.05, 4.69) is 30.1 Å². The summed E-state index contributed by atoms with van der Waals surface area (Å²) in [5, 5.41) is 11.0. The molecule has 33 heavy (non-hydrogen) atoms. The van der Waals surface area contributed by atoms with Crippen molar-refractivity contribution in [3.05, 3.63) is 79.8 Å². The number of H-pyrrole nitrogens is 3. The van der Waals surface area contributed by atoms with Gasteiger partial charge in [0.05, 0.1) is 26.6 Å². The fourth-order valence-corrected chi connectivity index (χ4v) is 5.17. The molecule has 0 radical (unpaired) electrons. The molecule has 0 spiro atoms. The number of benzene rings is 3. The van der Waals surface area contributed by atoms with Crippen molar-refractivity contribution < 1.29 is 8.42 Å². The van der Waals surface area contributed by atoms with Gasteiger partial charge in [-0.3, -0.25) is 14.3 Å². The zero-order valence-corrected chi connectivity index (χ0v) is 18.5. The summed E-state index contributed by atoms with van der Waals surface area (Å²) < 4.78 is 28.6. The van der Waals surface area contributed by atoms with Crippen LogP contribution in [0.5, 0.6) is 0 Å². The summed E-state index contributed by atoms with van der Waals surface area (Å²) in [4.78, 5) is 27.9. The monoisotopic (exact) mass is 482 g/mol. The summed E-state index contributed by atoms with van der Waals surface area (Å²) in [6.45, 7) is 1.59. The topological polar surface area (TPSA) is 153 Å². The molecule has 0 aliphatic carbocycles. The molecular weight excluding hydrogens is 468 g/mol. The Labute approximate surface area is 190 Å². The van der Waals surface area contributed by atoms with Gasteiger partial charge in [-0.1, -0.05) is 23.7 Å². The van der Waals surface area contributed by atoms with E-state index >= 15 is 0 Å². The molecule has 2 heterocycles. The Bertz CT molecular complexity index is 1790. The van der Waals surface area contributed by atoms with Crippen molar-refractivity contribution >= 4 is 49.4 Å². The standard InChI is InChI=1S/C21H15ClN6O4S/c1-10-6-16-17(24-21(30)20(29)23-16)9-19(10)33(31,32)27-12-3-4-13(14(22)8-12)11-2-5-15-18(7-11)26-28-25-15/h2-9,27H,1H3,(H,23,29)(H,24,30)(H,25,26,28). The fourth-order valence-electron chi connectivity index (χ4n) is 3.57. The zero-order valence-electron chi connectivity index (χ0n) is 16.9. The summed E-state index contributed by atoms with van der Waals surface area (Å²) in [6.07, 6.45) is 0. The molecule has 2 aromatic heterocycles. The molecule has 5 aromatic rings. The quantitative estimate of drug-likeness (QED) is 0.289. The first kappa shape index (κ1) is 20.9. The van der Waals surface area contributed by atoms with Gasteiger partial charge >= 0.3 is 11.1 Å². The van der Waals surface area contributed by atoms with Crippen LogP contribution >= 0.6 is 11.6 Å². The maximum Gasteiger partial charge on any atom is 0.314 e. The molecule has 4 N–H and O–H groups in total. The summed E-state index contributed by atoms with van der Waals surface area (Å²) in [5.74, 6) is 0. The number of nitrogens with one attached hydrogen (secondary N) is 4. The normalized spacial score (nSPS) is 11.8. The highest BCUT2D eigenvalue weighted by atomic mass is 35.5. The number of hydrogen-bond donors (Lipinski definition) is 4. The molecule has 0 atom stereocenters. The molecule has 0 saturated carbocycles. The molecule has 3 aromatic carbocycles. The lowest BCUT2D eigenvalue weighted by atomic mass is 10.0. The van der Waals surface area contributed by atoms with Crippen molar-refractivity contribution in [2.24, 2.45) is 0 Å². The summed E-state index contributed by atoms with van der Waals surface area (Å²) in [7, 11) is -4.02. The number of sulfonamides is 1. The van der Waals surface area contributed by atoms with Gasteiger partial charge in [-0.15, -0.1) is 0 Å². The van der Waals surface area contributed by atoms with Gasteiger partial charge in [-0.05, 0) is 54.4 Å². The number of anilines is 1. The van der Waals surface area contributed by atoms with Crippen molar-refractivity contribution in [2.45, 2.75) is 11.8 Å². The number of aromatic nitrogens is 5. The fraction of sp³-hybridized carbons (Fsp3) is 0.0476. The first-order chi connectivity index (χ1) is 15.7. The third-order valence-electron chi connectivity index (χ3n) is 5.16. The average molecular weight is 483 g/mol. The van der Waals surface area contributed by atoms with E-state index in [1.165, 1.54) is 18.2 Å². The second-order valence-electron chi connectivity index (χ2n) is 7.40. The smallest absolute Gasteiger partial charge is 0.314 e. The zero-order chi connectivity index (χ0) is 23.3. The van der Waals surface area contributed by atoms with Crippen LogP contribution in [0.4, 0.5) is 5.69 Å². The highest BCUT2D eigenvalue weighted by Gasteiger charge is 2.19. The number of aryl methyl sites for hydroxylation is 1. The minimum Gasteiger partial charge on any atom is -0.316 e. The van der Waals surface area contributed by atoms with E-state index < -0.39 is 21.1 Å². The summed E-state index contributed by atoms with van der Waals surface area (Å²) in [6, 6.07) is 13.1. The molecule has 5 rings (SSSR count). The number of nitrogens with zero attached hydrogens (tertiary/aromatic N) is 2. The van der Waals surface area contributed by atoms with Gasteiger partial charge in [0, 0.05) is 5.56 Å². The van der Waals surface area contributed by atoms with Gasteiger partial charge in [-0.25, -0.2) is 8.42 Å². The van der Waals surface area contributed by atoms with Crippen LogP contribution in [-0.4, -0.2) is 33.8 Å². The predicted octanol–water partition coefficient (Wildman–Crippen LogP) is 2.92. The predicted molar refractivity (Wildman–Crippen MR) is 125 cm³/mol. The van der Waals surface area contributed by atoms with Crippen LogP contribution in [0.2, 0.25) is 5.02 Å². The van der Waals surface area contributed by atoms with Crippen LogP contribution < -0.4 is 15.8 Å². The highest BCUT2D eigenvalue weighted by molar-refractivity contribution is 7.92. The Morgan fingerprint density at radius 2 is 1.58 bits per heavy atom. The second-order valence-corrected chi connectivity index (χ2v) is 9.46. The Morgan fingerprint density at radius 1 is 0.879 bits per heavy atom.